The van der Waals surface area contributed by atoms with Crippen molar-refractivity contribution < 1.29 is 41.7 Å². The molecular formula is C20H21F3N5O6PS. The summed E-state index contributed by atoms with van der Waals surface area (Å²) in [5.74, 6) is 0.145. The van der Waals surface area contributed by atoms with Crippen LogP contribution in [0.1, 0.15) is 29.9 Å². The lowest BCUT2D eigenvalue weighted by Crippen LogP contribution is -2.34. The number of hydrogen-bond acceptors (Lipinski definition) is 11. The van der Waals surface area contributed by atoms with Crippen LogP contribution >= 0.6 is 6.72 Å². The van der Waals surface area contributed by atoms with Crippen LogP contribution in [-0.2, 0) is 36.3 Å². The Morgan fingerprint density at radius 3 is 2.81 bits per heavy atom. The number of aliphatic hydroxyl groups excluding tert-OH is 2. The number of ether oxygens (including phenoxy) is 1. The van der Waals surface area contributed by atoms with Gasteiger partial charge in [0, 0.05) is 6.42 Å². The third-order valence-electron chi connectivity index (χ3n) is 5.87. The van der Waals surface area contributed by atoms with Gasteiger partial charge < -0.3 is 34.3 Å². The lowest BCUT2D eigenvalue weighted by atomic mass is 10.0. The van der Waals surface area contributed by atoms with E-state index in [2.05, 4.69) is 15.0 Å². The fourth-order valence-electron chi connectivity index (χ4n) is 4.04. The Balaban J connectivity index is 1.27. The van der Waals surface area contributed by atoms with Crippen molar-refractivity contribution in [3.05, 3.63) is 48.0 Å². The third kappa shape index (κ3) is 4.85. The van der Waals surface area contributed by atoms with Gasteiger partial charge in [0.1, 0.15) is 30.2 Å². The summed E-state index contributed by atoms with van der Waals surface area (Å²) >= 11 is 5.40. The lowest BCUT2D eigenvalue weighted by molar-refractivity contribution is -0.137. The maximum absolute atomic E-state index is 13.1. The second-order valence-electron chi connectivity index (χ2n) is 8.21. The number of hydrogen-bond donors (Lipinski definition) is 3. The number of nitrogen functional groups attached to an aromatic ring is 1. The van der Waals surface area contributed by atoms with Crippen molar-refractivity contribution in [2.75, 3.05) is 18.9 Å². The summed E-state index contributed by atoms with van der Waals surface area (Å²) in [5, 5.41) is 21.1. The zero-order valence-corrected chi connectivity index (χ0v) is 20.1. The summed E-state index contributed by atoms with van der Waals surface area (Å²) in [5.41, 5.74) is 5.90. The number of aliphatic hydroxyl groups is 2. The van der Waals surface area contributed by atoms with E-state index in [-0.39, 0.29) is 25.5 Å². The number of imidazole rings is 1. The molecule has 2 aliphatic rings. The molecule has 0 bridgehead atoms. The molecule has 11 nitrogen and oxygen atoms in total. The van der Waals surface area contributed by atoms with Crippen LogP contribution in [0.2, 0.25) is 0 Å². The van der Waals surface area contributed by atoms with E-state index in [1.807, 2.05) is 0 Å². The minimum Gasteiger partial charge on any atom is -0.387 e. The number of nitrogens with zero attached hydrogens (tertiary/aromatic N) is 4. The van der Waals surface area contributed by atoms with Gasteiger partial charge in [0.05, 0.1) is 31.2 Å². The molecule has 0 aliphatic carbocycles. The van der Waals surface area contributed by atoms with E-state index in [1.54, 1.807) is 0 Å². The first-order valence-corrected chi connectivity index (χ1v) is 13.3. The average molecular weight is 547 g/mol. The quantitative estimate of drug-likeness (QED) is 0.405. The molecule has 4 heterocycles. The van der Waals surface area contributed by atoms with Gasteiger partial charge in [-0.15, -0.1) is 0 Å². The van der Waals surface area contributed by atoms with Crippen LogP contribution < -0.4 is 5.73 Å². The molecule has 5 rings (SSSR count). The maximum atomic E-state index is 13.1. The largest absolute Gasteiger partial charge is 0.416 e. The monoisotopic (exact) mass is 547 g/mol. The Kier molecular flexibility index (Phi) is 6.76. The third-order valence-corrected chi connectivity index (χ3v) is 8.23. The molecule has 36 heavy (non-hydrogen) atoms. The Morgan fingerprint density at radius 1 is 1.22 bits per heavy atom. The van der Waals surface area contributed by atoms with E-state index in [0.717, 1.165) is 12.1 Å². The average Bonchev–Trinajstić information content (AvgIpc) is 3.39. The van der Waals surface area contributed by atoms with Gasteiger partial charge in [-0.2, -0.15) is 13.2 Å². The number of alkyl halides is 3. The number of anilines is 1. The first-order valence-electron chi connectivity index (χ1n) is 10.7. The van der Waals surface area contributed by atoms with Crippen LogP contribution in [-0.4, -0.2) is 61.3 Å². The van der Waals surface area contributed by atoms with Crippen molar-refractivity contribution in [2.45, 2.75) is 43.2 Å². The predicted molar refractivity (Wildman–Crippen MR) is 122 cm³/mol. The summed E-state index contributed by atoms with van der Waals surface area (Å²) in [6, 6.07) is 4.79. The second-order valence-corrected chi connectivity index (χ2v) is 11.2. The molecule has 194 valence electrons. The number of rotatable bonds is 5. The number of aromatic nitrogens is 4. The van der Waals surface area contributed by atoms with Crippen molar-refractivity contribution in [1.82, 2.24) is 19.5 Å². The smallest absolute Gasteiger partial charge is 0.387 e. The van der Waals surface area contributed by atoms with Gasteiger partial charge in [0.25, 0.3) is 0 Å². The summed E-state index contributed by atoms with van der Waals surface area (Å²) in [7, 11) is 0. The number of halogens is 3. The van der Waals surface area contributed by atoms with Gasteiger partial charge in [-0.25, -0.2) is 15.0 Å². The van der Waals surface area contributed by atoms with E-state index < -0.39 is 49.1 Å². The van der Waals surface area contributed by atoms with Crippen molar-refractivity contribution in [1.29, 1.82) is 0 Å². The van der Waals surface area contributed by atoms with Gasteiger partial charge in [-0.1, -0.05) is 12.1 Å². The van der Waals surface area contributed by atoms with Crippen LogP contribution in [0.15, 0.2) is 36.9 Å². The van der Waals surface area contributed by atoms with Crippen molar-refractivity contribution in [3.8, 4) is 0 Å². The highest BCUT2D eigenvalue weighted by Crippen LogP contribution is 2.57. The normalized spacial score (nSPS) is 31.2. The van der Waals surface area contributed by atoms with Gasteiger partial charge >= 0.3 is 12.9 Å². The van der Waals surface area contributed by atoms with Gasteiger partial charge in [-0.05, 0) is 29.5 Å². The van der Waals surface area contributed by atoms with Crippen molar-refractivity contribution in [3.63, 3.8) is 0 Å². The van der Waals surface area contributed by atoms with Crippen molar-refractivity contribution >= 4 is 35.5 Å². The first kappa shape index (κ1) is 25.4. The zero-order valence-electron chi connectivity index (χ0n) is 18.4. The SMILES string of the molecule is Nc1ncnc2c1ncn2[C@@H]1O[C@H](COP2(=S)OCCC(c3cccc(C(F)(F)F)c3)O2)C(O)[C@@H]1O. The second kappa shape index (κ2) is 9.58. The molecule has 0 amide bonds. The Bertz CT molecular complexity index is 1310. The fraction of sp³-hybridized carbons (Fsp3) is 0.450. The number of nitrogens with two attached hydrogens (primary N) is 1. The van der Waals surface area contributed by atoms with Gasteiger partial charge in [0.15, 0.2) is 17.7 Å². The topological polar surface area (TPSA) is 147 Å². The standard InChI is InChI=1S/C20H21F3N5O6PS/c21-20(22,23)11-3-1-2-10(6-11)12-4-5-31-35(36,34-12)32-7-13-15(29)16(30)19(33-13)28-9-27-14-17(24)25-8-26-18(14)28/h1-3,6,8-9,12-13,15-16,19,29-30H,4-5,7H2,(H2,24,25,26)/t12?,13-,15?,16+,19-,35?/m1/s1. The molecule has 2 fully saturated rings. The van der Waals surface area contributed by atoms with Gasteiger partial charge in [-0.3, -0.25) is 4.57 Å². The molecule has 16 heteroatoms. The molecule has 3 aromatic rings. The van der Waals surface area contributed by atoms with Crippen molar-refractivity contribution in [2.24, 2.45) is 0 Å². The number of fused-ring (bicyclic) bond motifs is 1. The van der Waals surface area contributed by atoms with Crippen LogP contribution in [0.4, 0.5) is 19.0 Å². The zero-order chi connectivity index (χ0) is 25.7. The van der Waals surface area contributed by atoms with E-state index >= 15 is 0 Å². The van der Waals surface area contributed by atoms with Crippen LogP contribution in [0.25, 0.3) is 11.2 Å². The summed E-state index contributed by atoms with van der Waals surface area (Å²) < 4.78 is 63.5. The van der Waals surface area contributed by atoms with Crippen LogP contribution in [0.5, 0.6) is 0 Å². The molecule has 0 radical (unpaired) electrons. The molecule has 2 aliphatic heterocycles. The van der Waals surface area contributed by atoms with Crippen LogP contribution in [0, 0.1) is 0 Å². The highest BCUT2D eigenvalue weighted by molar-refractivity contribution is 8.07. The molecular weight excluding hydrogens is 526 g/mol. The molecule has 0 spiro atoms. The summed E-state index contributed by atoms with van der Waals surface area (Å²) in [4.78, 5) is 12.1. The minimum absolute atomic E-state index is 0.111. The minimum atomic E-state index is -4.50. The molecule has 2 saturated heterocycles. The number of benzene rings is 1. The Labute approximate surface area is 207 Å². The highest BCUT2D eigenvalue weighted by Gasteiger charge is 2.46. The molecule has 2 aromatic heterocycles. The highest BCUT2D eigenvalue weighted by atomic mass is 32.5. The summed E-state index contributed by atoms with van der Waals surface area (Å²) in [6.45, 7) is -3.58. The maximum Gasteiger partial charge on any atom is 0.416 e. The molecule has 0 saturated carbocycles. The lowest BCUT2D eigenvalue weighted by Gasteiger charge is -2.33. The van der Waals surface area contributed by atoms with E-state index in [0.29, 0.717) is 16.7 Å². The molecule has 4 N–H and O–H groups in total. The van der Waals surface area contributed by atoms with Crippen LogP contribution in [0.3, 0.4) is 0 Å². The Morgan fingerprint density at radius 2 is 2.03 bits per heavy atom. The van der Waals surface area contributed by atoms with E-state index in [4.69, 9.17) is 35.8 Å². The molecule has 3 unspecified atom stereocenters. The predicted octanol–water partition coefficient (Wildman–Crippen LogP) is 2.47. The summed E-state index contributed by atoms with van der Waals surface area (Å²) in [6.07, 6.45) is -7.20. The van der Waals surface area contributed by atoms with Gasteiger partial charge in [0.2, 0.25) is 0 Å². The fourth-order valence-corrected chi connectivity index (χ4v) is 6.15. The van der Waals surface area contributed by atoms with E-state index in [1.165, 1.54) is 29.4 Å². The molecule has 6 atom stereocenters. The first-order chi connectivity index (χ1) is 17.1. The Hall–Kier alpha value is -2.23. The van der Waals surface area contributed by atoms with E-state index in [9.17, 15) is 23.4 Å². The molecule has 1 aromatic carbocycles.